The molecule has 1 fully saturated rings. The summed E-state index contributed by atoms with van der Waals surface area (Å²) in [5.74, 6) is -1.51. The maximum atomic E-state index is 13.9. The first kappa shape index (κ1) is 16.4. The normalized spacial score (nSPS) is 20.9. The van der Waals surface area contributed by atoms with Crippen LogP contribution >= 0.6 is 0 Å². The standard InChI is InChI=1S/C17H19FN2O4/c1-17(2,3)24-13-7-9(18)6-10-11(13)8-20(16(10)23)12-4-5-14(21)19-15(12)22/h6-7,12H,4-5,8H2,1-3H3,(H,19,21,22). The van der Waals surface area contributed by atoms with Crippen molar-refractivity contribution in [1.82, 2.24) is 10.2 Å². The summed E-state index contributed by atoms with van der Waals surface area (Å²) >= 11 is 0. The van der Waals surface area contributed by atoms with Crippen molar-refractivity contribution < 1.29 is 23.5 Å². The number of halogens is 1. The third kappa shape index (κ3) is 2.98. The number of nitrogens with one attached hydrogen (secondary N) is 1. The van der Waals surface area contributed by atoms with Crippen LogP contribution in [0.25, 0.3) is 0 Å². The zero-order valence-electron chi connectivity index (χ0n) is 13.8. The van der Waals surface area contributed by atoms with Crippen LogP contribution in [0.2, 0.25) is 0 Å². The van der Waals surface area contributed by atoms with Crippen LogP contribution in [0.15, 0.2) is 12.1 Å². The van der Waals surface area contributed by atoms with E-state index in [2.05, 4.69) is 5.32 Å². The lowest BCUT2D eigenvalue weighted by Gasteiger charge is -2.29. The third-order valence-electron chi connectivity index (χ3n) is 4.00. The zero-order chi connectivity index (χ0) is 17.6. The van der Waals surface area contributed by atoms with Crippen molar-refractivity contribution in [2.24, 2.45) is 0 Å². The van der Waals surface area contributed by atoms with Gasteiger partial charge in [0.1, 0.15) is 23.2 Å². The predicted octanol–water partition coefficient (Wildman–Crippen LogP) is 1.76. The molecule has 0 bridgehead atoms. The average Bonchev–Trinajstić information content (AvgIpc) is 2.75. The molecule has 6 nitrogen and oxygen atoms in total. The number of nitrogens with zero attached hydrogens (tertiary/aromatic N) is 1. The van der Waals surface area contributed by atoms with E-state index in [-0.39, 0.29) is 30.9 Å². The molecule has 2 aliphatic rings. The molecule has 2 aliphatic heterocycles. The lowest BCUT2D eigenvalue weighted by Crippen LogP contribution is -2.52. The molecule has 1 unspecified atom stereocenters. The highest BCUT2D eigenvalue weighted by Gasteiger charge is 2.40. The monoisotopic (exact) mass is 334 g/mol. The smallest absolute Gasteiger partial charge is 0.255 e. The fourth-order valence-corrected chi connectivity index (χ4v) is 3.01. The number of piperidine rings is 1. The van der Waals surface area contributed by atoms with E-state index in [0.29, 0.717) is 11.3 Å². The third-order valence-corrected chi connectivity index (χ3v) is 4.00. The summed E-state index contributed by atoms with van der Waals surface area (Å²) in [7, 11) is 0. The number of imide groups is 1. The van der Waals surface area contributed by atoms with E-state index < -0.39 is 29.3 Å². The number of hydrogen-bond donors (Lipinski definition) is 1. The second-order valence-corrected chi connectivity index (χ2v) is 7.04. The first-order valence-corrected chi connectivity index (χ1v) is 7.82. The second-order valence-electron chi connectivity index (χ2n) is 7.04. The lowest BCUT2D eigenvalue weighted by atomic mass is 10.0. The minimum Gasteiger partial charge on any atom is -0.488 e. The first-order valence-electron chi connectivity index (χ1n) is 7.82. The van der Waals surface area contributed by atoms with E-state index in [1.165, 1.54) is 17.0 Å². The molecule has 0 aliphatic carbocycles. The van der Waals surface area contributed by atoms with Gasteiger partial charge in [0.05, 0.1) is 12.1 Å². The highest BCUT2D eigenvalue weighted by molar-refractivity contribution is 6.05. The molecule has 0 aromatic heterocycles. The van der Waals surface area contributed by atoms with Gasteiger partial charge in [-0.3, -0.25) is 19.7 Å². The fraction of sp³-hybridized carbons (Fsp3) is 0.471. The maximum Gasteiger partial charge on any atom is 0.255 e. The van der Waals surface area contributed by atoms with E-state index in [1.54, 1.807) is 0 Å². The van der Waals surface area contributed by atoms with E-state index in [1.807, 2.05) is 20.8 Å². The van der Waals surface area contributed by atoms with Gasteiger partial charge in [0.25, 0.3) is 5.91 Å². The highest BCUT2D eigenvalue weighted by Crippen LogP contribution is 2.35. The Morgan fingerprint density at radius 1 is 1.25 bits per heavy atom. The van der Waals surface area contributed by atoms with Gasteiger partial charge in [-0.2, -0.15) is 0 Å². The number of carbonyl (C=O) groups excluding carboxylic acids is 3. The largest absolute Gasteiger partial charge is 0.488 e. The second kappa shape index (κ2) is 5.58. The summed E-state index contributed by atoms with van der Waals surface area (Å²) in [4.78, 5) is 37.3. The molecular weight excluding hydrogens is 315 g/mol. The van der Waals surface area contributed by atoms with Crippen LogP contribution in [0.4, 0.5) is 4.39 Å². The van der Waals surface area contributed by atoms with Gasteiger partial charge >= 0.3 is 0 Å². The molecule has 1 N–H and O–H groups in total. The molecule has 3 amide bonds. The Bertz CT molecular complexity index is 739. The molecule has 24 heavy (non-hydrogen) atoms. The molecule has 0 spiro atoms. The Balaban J connectivity index is 1.93. The topological polar surface area (TPSA) is 75.7 Å². The van der Waals surface area contributed by atoms with Gasteiger partial charge in [-0.1, -0.05) is 0 Å². The molecule has 1 atom stereocenters. The Labute approximate surface area is 139 Å². The van der Waals surface area contributed by atoms with Crippen LogP contribution in [0.1, 0.15) is 49.5 Å². The van der Waals surface area contributed by atoms with Crippen LogP contribution in [-0.4, -0.2) is 34.3 Å². The fourth-order valence-electron chi connectivity index (χ4n) is 3.01. The molecule has 0 saturated carbocycles. The summed E-state index contributed by atoms with van der Waals surface area (Å²) < 4.78 is 19.7. The van der Waals surface area contributed by atoms with Gasteiger partial charge in [-0.05, 0) is 33.3 Å². The Kier molecular flexibility index (Phi) is 3.81. The number of hydrogen-bond acceptors (Lipinski definition) is 4. The van der Waals surface area contributed by atoms with E-state index >= 15 is 0 Å². The number of amides is 3. The lowest BCUT2D eigenvalue weighted by molar-refractivity contribution is -0.136. The molecule has 7 heteroatoms. The van der Waals surface area contributed by atoms with Crippen molar-refractivity contribution in [1.29, 1.82) is 0 Å². The van der Waals surface area contributed by atoms with E-state index in [4.69, 9.17) is 4.74 Å². The minimum absolute atomic E-state index is 0.159. The molecule has 1 saturated heterocycles. The molecule has 2 heterocycles. The average molecular weight is 334 g/mol. The van der Waals surface area contributed by atoms with Crippen LogP contribution in [0.3, 0.4) is 0 Å². The summed E-state index contributed by atoms with van der Waals surface area (Å²) in [6.07, 6.45) is 0.443. The zero-order valence-corrected chi connectivity index (χ0v) is 13.8. The summed E-state index contributed by atoms with van der Waals surface area (Å²) in [5.41, 5.74) is 0.229. The quantitative estimate of drug-likeness (QED) is 0.836. The predicted molar refractivity (Wildman–Crippen MR) is 82.8 cm³/mol. The number of rotatable bonds is 2. The summed E-state index contributed by atoms with van der Waals surface area (Å²) in [6.45, 7) is 5.66. The number of ether oxygens (including phenoxy) is 1. The number of fused-ring (bicyclic) bond motifs is 1. The van der Waals surface area contributed by atoms with Gasteiger partial charge in [-0.25, -0.2) is 4.39 Å². The van der Waals surface area contributed by atoms with Crippen LogP contribution in [0, 0.1) is 5.82 Å². The van der Waals surface area contributed by atoms with Crippen molar-refractivity contribution in [2.45, 2.75) is 51.8 Å². The van der Waals surface area contributed by atoms with E-state index in [0.717, 1.165) is 0 Å². The van der Waals surface area contributed by atoms with Crippen molar-refractivity contribution in [2.75, 3.05) is 0 Å². The molecular formula is C17H19FN2O4. The number of benzene rings is 1. The van der Waals surface area contributed by atoms with Gasteiger partial charge in [0, 0.05) is 18.1 Å². The molecule has 3 rings (SSSR count). The summed E-state index contributed by atoms with van der Waals surface area (Å²) in [5, 5.41) is 2.24. The Hall–Kier alpha value is -2.44. The maximum absolute atomic E-state index is 13.9. The SMILES string of the molecule is CC(C)(C)Oc1cc(F)cc2c1CN(C1CCC(=O)NC1=O)C2=O. The van der Waals surface area contributed by atoms with Gasteiger partial charge in [0.15, 0.2) is 0 Å². The Morgan fingerprint density at radius 2 is 1.96 bits per heavy atom. The van der Waals surface area contributed by atoms with Gasteiger partial charge in [0.2, 0.25) is 11.8 Å². The van der Waals surface area contributed by atoms with E-state index in [9.17, 15) is 18.8 Å². The molecule has 1 aromatic carbocycles. The molecule has 0 radical (unpaired) electrons. The van der Waals surface area contributed by atoms with Crippen molar-refractivity contribution in [3.8, 4) is 5.75 Å². The van der Waals surface area contributed by atoms with Crippen LogP contribution in [-0.2, 0) is 16.1 Å². The van der Waals surface area contributed by atoms with Gasteiger partial charge < -0.3 is 9.64 Å². The highest BCUT2D eigenvalue weighted by atomic mass is 19.1. The Morgan fingerprint density at radius 3 is 2.58 bits per heavy atom. The summed E-state index contributed by atoms with van der Waals surface area (Å²) in [6, 6.07) is 1.69. The van der Waals surface area contributed by atoms with Crippen molar-refractivity contribution >= 4 is 17.7 Å². The van der Waals surface area contributed by atoms with Gasteiger partial charge in [-0.15, -0.1) is 0 Å². The molecule has 128 valence electrons. The van der Waals surface area contributed by atoms with Crippen molar-refractivity contribution in [3.05, 3.63) is 29.1 Å². The van der Waals surface area contributed by atoms with Crippen molar-refractivity contribution in [3.63, 3.8) is 0 Å². The molecule has 1 aromatic rings. The van der Waals surface area contributed by atoms with Crippen LogP contribution in [0.5, 0.6) is 5.75 Å². The van der Waals surface area contributed by atoms with Crippen LogP contribution < -0.4 is 10.1 Å². The number of carbonyl (C=O) groups is 3. The minimum atomic E-state index is -0.729. The first-order chi connectivity index (χ1) is 11.2.